The van der Waals surface area contributed by atoms with Gasteiger partial charge in [-0.1, -0.05) is 30.3 Å². The van der Waals surface area contributed by atoms with Crippen molar-refractivity contribution in [2.45, 2.75) is 38.5 Å². The molecular formula is C28H31NO6. The molecule has 2 unspecified atom stereocenters. The Balaban J connectivity index is 1.88. The van der Waals surface area contributed by atoms with E-state index in [-0.39, 0.29) is 18.3 Å². The Morgan fingerprint density at radius 1 is 0.971 bits per heavy atom. The second kappa shape index (κ2) is 10.3. The summed E-state index contributed by atoms with van der Waals surface area (Å²) in [5.41, 5.74) is 4.31. The zero-order chi connectivity index (χ0) is 25.1. The largest absolute Gasteiger partial charge is 0.493 e. The van der Waals surface area contributed by atoms with Crippen LogP contribution in [0.25, 0.3) is 0 Å². The Morgan fingerprint density at radius 2 is 1.63 bits per heavy atom. The number of allylic oxidation sites excluding steroid dienone is 3. The zero-order valence-electron chi connectivity index (χ0n) is 20.8. The molecule has 184 valence electrons. The van der Waals surface area contributed by atoms with Crippen LogP contribution < -0.4 is 19.5 Å². The molecule has 1 aliphatic carbocycles. The van der Waals surface area contributed by atoms with Crippen LogP contribution in [0.3, 0.4) is 0 Å². The molecule has 1 N–H and O–H groups in total. The van der Waals surface area contributed by atoms with Crippen molar-refractivity contribution in [3.63, 3.8) is 0 Å². The number of carbonyl (C=O) groups excluding carboxylic acids is 2. The van der Waals surface area contributed by atoms with Gasteiger partial charge in [0.1, 0.15) is 0 Å². The molecule has 0 aromatic heterocycles. The van der Waals surface area contributed by atoms with E-state index < -0.39 is 11.9 Å². The Labute approximate surface area is 205 Å². The number of carbonyl (C=O) groups is 2. The van der Waals surface area contributed by atoms with Crippen LogP contribution in [0.4, 0.5) is 0 Å². The molecule has 0 saturated heterocycles. The smallest absolute Gasteiger partial charge is 0.336 e. The summed E-state index contributed by atoms with van der Waals surface area (Å²) in [4.78, 5) is 26.9. The summed E-state index contributed by atoms with van der Waals surface area (Å²) in [5, 5.41) is 3.37. The van der Waals surface area contributed by atoms with Crippen molar-refractivity contribution in [3.05, 3.63) is 76.1 Å². The zero-order valence-corrected chi connectivity index (χ0v) is 20.8. The standard InChI is InChI=1S/C28H31NO6/c1-6-35-28(31)24-16(2)29-20-12-18(17-10-8-7-9-11-17)13-21(30)26(20)25(24)19-14-22(32-3)27(34-5)23(15-19)33-4/h7-11,14-15,18,25,29H,6,12-13H2,1-5H3. The molecule has 0 amide bonds. The molecule has 1 heterocycles. The van der Waals surface area contributed by atoms with Crippen molar-refractivity contribution in [1.29, 1.82) is 0 Å². The summed E-state index contributed by atoms with van der Waals surface area (Å²) in [6.45, 7) is 3.84. The van der Waals surface area contributed by atoms with Gasteiger partial charge in [0.2, 0.25) is 5.75 Å². The maximum absolute atomic E-state index is 13.7. The lowest BCUT2D eigenvalue weighted by molar-refractivity contribution is -0.138. The molecule has 7 heteroatoms. The lowest BCUT2D eigenvalue weighted by atomic mass is 9.71. The predicted octanol–water partition coefficient (Wildman–Crippen LogP) is 4.64. The van der Waals surface area contributed by atoms with Gasteiger partial charge in [-0.05, 0) is 49.4 Å². The first-order valence-electron chi connectivity index (χ1n) is 11.7. The number of ketones is 1. The number of benzene rings is 2. The molecule has 2 atom stereocenters. The van der Waals surface area contributed by atoms with E-state index in [1.54, 1.807) is 19.1 Å². The summed E-state index contributed by atoms with van der Waals surface area (Å²) < 4.78 is 22.0. The molecule has 2 aliphatic rings. The minimum atomic E-state index is -0.622. The molecule has 2 aromatic carbocycles. The Bertz CT molecular complexity index is 1170. The van der Waals surface area contributed by atoms with Crippen molar-refractivity contribution in [1.82, 2.24) is 5.32 Å². The molecule has 0 radical (unpaired) electrons. The van der Waals surface area contributed by atoms with E-state index in [1.165, 1.54) is 21.3 Å². The van der Waals surface area contributed by atoms with Crippen LogP contribution >= 0.6 is 0 Å². The highest BCUT2D eigenvalue weighted by atomic mass is 16.5. The second-order valence-corrected chi connectivity index (χ2v) is 8.61. The van der Waals surface area contributed by atoms with E-state index >= 15 is 0 Å². The Hall–Kier alpha value is -3.74. The number of rotatable bonds is 7. The SMILES string of the molecule is CCOC(=O)C1=C(C)NC2=C(C(=O)CC(c3ccccc3)C2)C1c1cc(OC)c(OC)c(OC)c1. The molecule has 7 nitrogen and oxygen atoms in total. The number of dihydropyridines is 1. The van der Waals surface area contributed by atoms with Gasteiger partial charge in [-0.2, -0.15) is 0 Å². The Morgan fingerprint density at radius 3 is 2.20 bits per heavy atom. The van der Waals surface area contributed by atoms with E-state index in [4.69, 9.17) is 18.9 Å². The highest BCUT2D eigenvalue weighted by Gasteiger charge is 2.42. The van der Waals surface area contributed by atoms with Crippen LogP contribution in [-0.2, 0) is 14.3 Å². The van der Waals surface area contributed by atoms with Gasteiger partial charge in [0.25, 0.3) is 0 Å². The van der Waals surface area contributed by atoms with Gasteiger partial charge in [0.05, 0.1) is 33.5 Å². The normalized spacial score (nSPS) is 19.6. The summed E-state index contributed by atoms with van der Waals surface area (Å²) in [6.07, 6.45) is 1.03. The van der Waals surface area contributed by atoms with E-state index in [0.717, 1.165) is 11.3 Å². The minimum Gasteiger partial charge on any atom is -0.493 e. The average Bonchev–Trinajstić information content (AvgIpc) is 2.87. The number of hydrogen-bond acceptors (Lipinski definition) is 7. The highest BCUT2D eigenvalue weighted by molar-refractivity contribution is 6.04. The van der Waals surface area contributed by atoms with E-state index in [2.05, 4.69) is 17.4 Å². The van der Waals surface area contributed by atoms with Crippen LogP contribution in [0.5, 0.6) is 17.2 Å². The average molecular weight is 478 g/mol. The van der Waals surface area contributed by atoms with Gasteiger partial charge in [0.15, 0.2) is 17.3 Å². The third-order valence-electron chi connectivity index (χ3n) is 6.61. The van der Waals surface area contributed by atoms with Gasteiger partial charge >= 0.3 is 5.97 Å². The van der Waals surface area contributed by atoms with Crippen LogP contribution in [0.1, 0.15) is 49.7 Å². The molecule has 35 heavy (non-hydrogen) atoms. The maximum atomic E-state index is 13.7. The molecular weight excluding hydrogens is 446 g/mol. The number of Topliss-reactive ketones (excluding diaryl/α,β-unsaturated/α-hetero) is 1. The lowest BCUT2D eigenvalue weighted by Gasteiger charge is -2.37. The van der Waals surface area contributed by atoms with Crippen molar-refractivity contribution in [2.24, 2.45) is 0 Å². The quantitative estimate of drug-likeness (QED) is 0.582. The maximum Gasteiger partial charge on any atom is 0.336 e. The van der Waals surface area contributed by atoms with Crippen LogP contribution in [-0.4, -0.2) is 39.7 Å². The molecule has 0 saturated carbocycles. The summed E-state index contributed by atoms with van der Waals surface area (Å²) in [6, 6.07) is 13.6. The minimum absolute atomic E-state index is 0.000605. The first-order chi connectivity index (χ1) is 16.9. The predicted molar refractivity (Wildman–Crippen MR) is 132 cm³/mol. The Kier molecular flexibility index (Phi) is 7.15. The number of hydrogen-bond donors (Lipinski definition) is 1. The summed E-state index contributed by atoms with van der Waals surface area (Å²) in [5.74, 6) is 0.333. The first kappa shape index (κ1) is 24.4. The summed E-state index contributed by atoms with van der Waals surface area (Å²) >= 11 is 0. The highest BCUT2D eigenvalue weighted by Crippen LogP contribution is 2.49. The molecule has 1 aliphatic heterocycles. The summed E-state index contributed by atoms with van der Waals surface area (Å²) in [7, 11) is 4.61. The van der Waals surface area contributed by atoms with Crippen molar-refractivity contribution in [3.8, 4) is 17.2 Å². The fraction of sp³-hybridized carbons (Fsp3) is 0.357. The van der Waals surface area contributed by atoms with Gasteiger partial charge in [-0.3, -0.25) is 4.79 Å². The van der Waals surface area contributed by atoms with Crippen LogP contribution in [0.15, 0.2) is 65.0 Å². The van der Waals surface area contributed by atoms with Gasteiger partial charge < -0.3 is 24.3 Å². The molecule has 0 bridgehead atoms. The third-order valence-corrected chi connectivity index (χ3v) is 6.61. The topological polar surface area (TPSA) is 83.1 Å². The van der Waals surface area contributed by atoms with Gasteiger partial charge in [0, 0.05) is 29.3 Å². The van der Waals surface area contributed by atoms with E-state index in [9.17, 15) is 9.59 Å². The van der Waals surface area contributed by atoms with E-state index in [0.29, 0.717) is 52.5 Å². The number of nitrogens with one attached hydrogen (secondary N) is 1. The molecule has 0 spiro atoms. The van der Waals surface area contributed by atoms with Crippen molar-refractivity contribution >= 4 is 11.8 Å². The van der Waals surface area contributed by atoms with E-state index in [1.807, 2.05) is 25.1 Å². The van der Waals surface area contributed by atoms with Crippen LogP contribution in [0, 0.1) is 0 Å². The van der Waals surface area contributed by atoms with Gasteiger partial charge in [-0.25, -0.2) is 4.79 Å². The van der Waals surface area contributed by atoms with Crippen molar-refractivity contribution in [2.75, 3.05) is 27.9 Å². The fourth-order valence-corrected chi connectivity index (χ4v) is 5.08. The molecule has 0 fully saturated rings. The van der Waals surface area contributed by atoms with Crippen molar-refractivity contribution < 1.29 is 28.5 Å². The molecule has 2 aromatic rings. The number of ether oxygens (including phenoxy) is 4. The molecule has 4 rings (SSSR count). The monoisotopic (exact) mass is 477 g/mol. The second-order valence-electron chi connectivity index (χ2n) is 8.61. The third kappa shape index (κ3) is 4.50. The fourth-order valence-electron chi connectivity index (χ4n) is 5.08. The lowest BCUT2D eigenvalue weighted by Crippen LogP contribution is -2.36. The van der Waals surface area contributed by atoms with Crippen LogP contribution in [0.2, 0.25) is 0 Å². The number of esters is 1. The van der Waals surface area contributed by atoms with Gasteiger partial charge in [-0.15, -0.1) is 0 Å². The number of methoxy groups -OCH3 is 3. The first-order valence-corrected chi connectivity index (χ1v) is 11.7.